The van der Waals surface area contributed by atoms with E-state index in [0.717, 1.165) is 13.0 Å². The molecule has 0 amide bonds. The van der Waals surface area contributed by atoms with Crippen LogP contribution in [0.2, 0.25) is 0 Å². The molecule has 2 atom stereocenters. The molecule has 0 aromatic heterocycles. The molecule has 1 heterocycles. The highest BCUT2D eigenvalue weighted by Crippen LogP contribution is 2.44. The Hall–Kier alpha value is -1.34. The molecule has 0 unspecified atom stereocenters. The summed E-state index contributed by atoms with van der Waals surface area (Å²) in [4.78, 5) is 0. The van der Waals surface area contributed by atoms with Gasteiger partial charge in [0.25, 0.3) is 0 Å². The number of hydrogen-bond acceptors (Lipinski definition) is 1. The summed E-state index contributed by atoms with van der Waals surface area (Å²) >= 11 is 0. The second-order valence-corrected chi connectivity index (χ2v) is 7.58. The number of ether oxygens (including phenoxy) is 1. The lowest BCUT2D eigenvalue weighted by atomic mass is 9.74. The van der Waals surface area contributed by atoms with E-state index in [1.165, 1.54) is 23.1 Å². The van der Waals surface area contributed by atoms with Gasteiger partial charge in [-0.15, -0.1) is 0 Å². The Bertz CT molecular complexity index is 532. The van der Waals surface area contributed by atoms with Crippen molar-refractivity contribution >= 4 is 0 Å². The number of hydrogen-bond donors (Lipinski definition) is 0. The molecule has 22 heavy (non-hydrogen) atoms. The SMILES string of the molecule is CC(C)=CC/C=C(\C)[C@@H]1CC(C)(C)CO[C@@H]1c1ccccc1. The fourth-order valence-corrected chi connectivity index (χ4v) is 3.20. The molecule has 0 bridgehead atoms. The van der Waals surface area contributed by atoms with Gasteiger partial charge in [0, 0.05) is 5.92 Å². The summed E-state index contributed by atoms with van der Waals surface area (Å²) in [5, 5.41) is 0. The van der Waals surface area contributed by atoms with Crippen molar-refractivity contribution in [2.75, 3.05) is 6.61 Å². The molecule has 0 radical (unpaired) electrons. The molecule has 120 valence electrons. The fourth-order valence-electron chi connectivity index (χ4n) is 3.20. The van der Waals surface area contributed by atoms with Gasteiger partial charge >= 0.3 is 0 Å². The predicted molar refractivity (Wildman–Crippen MR) is 94.8 cm³/mol. The normalized spacial score (nSPS) is 24.9. The van der Waals surface area contributed by atoms with E-state index in [1.807, 2.05) is 0 Å². The molecule has 1 aromatic rings. The van der Waals surface area contributed by atoms with Gasteiger partial charge in [-0.3, -0.25) is 0 Å². The zero-order valence-electron chi connectivity index (χ0n) is 14.7. The third-order valence-electron chi connectivity index (χ3n) is 4.47. The Morgan fingerprint density at radius 3 is 2.45 bits per heavy atom. The zero-order valence-corrected chi connectivity index (χ0v) is 14.7. The molecule has 1 saturated heterocycles. The predicted octanol–water partition coefficient (Wildman–Crippen LogP) is 6.09. The second-order valence-electron chi connectivity index (χ2n) is 7.58. The van der Waals surface area contributed by atoms with Gasteiger partial charge in [-0.25, -0.2) is 0 Å². The van der Waals surface area contributed by atoms with Crippen LogP contribution in [0, 0.1) is 11.3 Å². The van der Waals surface area contributed by atoms with Crippen molar-refractivity contribution in [1.29, 1.82) is 0 Å². The van der Waals surface area contributed by atoms with Crippen LogP contribution in [0.3, 0.4) is 0 Å². The third-order valence-corrected chi connectivity index (χ3v) is 4.47. The van der Waals surface area contributed by atoms with E-state index >= 15 is 0 Å². The summed E-state index contributed by atoms with van der Waals surface area (Å²) < 4.78 is 6.28. The highest BCUT2D eigenvalue weighted by atomic mass is 16.5. The summed E-state index contributed by atoms with van der Waals surface area (Å²) in [5.41, 5.74) is 4.39. The number of rotatable bonds is 4. The fraction of sp³-hybridized carbons (Fsp3) is 0.524. The summed E-state index contributed by atoms with van der Waals surface area (Å²) in [6.07, 6.45) is 7.06. The van der Waals surface area contributed by atoms with E-state index in [1.54, 1.807) is 0 Å². The molecule has 1 nitrogen and oxygen atoms in total. The smallest absolute Gasteiger partial charge is 0.0890 e. The van der Waals surface area contributed by atoms with Gasteiger partial charge in [0.2, 0.25) is 0 Å². The van der Waals surface area contributed by atoms with Gasteiger partial charge in [0.1, 0.15) is 0 Å². The molecular formula is C21H30O. The molecule has 1 fully saturated rings. The first kappa shape index (κ1) is 17.0. The van der Waals surface area contributed by atoms with Crippen molar-refractivity contribution in [2.24, 2.45) is 11.3 Å². The van der Waals surface area contributed by atoms with Crippen molar-refractivity contribution in [3.05, 3.63) is 59.2 Å². The highest BCUT2D eigenvalue weighted by Gasteiger charge is 2.37. The van der Waals surface area contributed by atoms with E-state index in [0.29, 0.717) is 5.92 Å². The Morgan fingerprint density at radius 2 is 1.82 bits per heavy atom. The quantitative estimate of drug-likeness (QED) is 0.611. The maximum absolute atomic E-state index is 6.28. The minimum atomic E-state index is 0.192. The first-order chi connectivity index (χ1) is 10.4. The van der Waals surface area contributed by atoms with E-state index in [4.69, 9.17) is 4.74 Å². The Kier molecular flexibility index (Phi) is 5.63. The van der Waals surface area contributed by atoms with Crippen LogP contribution in [0.25, 0.3) is 0 Å². The van der Waals surface area contributed by atoms with Gasteiger partial charge in [0.15, 0.2) is 0 Å². The van der Waals surface area contributed by atoms with E-state index in [2.05, 4.69) is 77.1 Å². The number of allylic oxidation sites excluding steroid dienone is 3. The zero-order chi connectivity index (χ0) is 16.2. The van der Waals surface area contributed by atoms with Crippen LogP contribution in [0.1, 0.15) is 59.1 Å². The van der Waals surface area contributed by atoms with Crippen molar-refractivity contribution in [2.45, 2.75) is 53.6 Å². The minimum Gasteiger partial charge on any atom is -0.372 e. The average molecular weight is 298 g/mol. The Labute approximate surface area is 136 Å². The average Bonchev–Trinajstić information content (AvgIpc) is 2.46. The van der Waals surface area contributed by atoms with Crippen LogP contribution < -0.4 is 0 Å². The summed E-state index contributed by atoms with van der Waals surface area (Å²) in [7, 11) is 0. The van der Waals surface area contributed by atoms with Crippen molar-refractivity contribution < 1.29 is 4.74 Å². The van der Waals surface area contributed by atoms with E-state index < -0.39 is 0 Å². The molecule has 1 aliphatic heterocycles. The third kappa shape index (κ3) is 4.58. The summed E-state index contributed by atoms with van der Waals surface area (Å²) in [5.74, 6) is 0.469. The topological polar surface area (TPSA) is 9.23 Å². The van der Waals surface area contributed by atoms with E-state index in [9.17, 15) is 0 Å². The molecule has 0 saturated carbocycles. The molecule has 1 aliphatic rings. The lowest BCUT2D eigenvalue weighted by Crippen LogP contribution is -2.35. The standard InChI is InChI=1S/C21H30O/c1-16(2)10-9-11-17(3)19-14-21(4,5)15-22-20(19)18-12-7-6-8-13-18/h6-8,10-13,19-20H,9,14-15H2,1-5H3/b17-11+/t19-,20+/m0/s1. The molecule has 0 spiro atoms. The van der Waals surface area contributed by atoms with Gasteiger partial charge in [-0.1, -0.05) is 67.5 Å². The van der Waals surface area contributed by atoms with Gasteiger partial charge in [0.05, 0.1) is 12.7 Å². The number of benzene rings is 1. The van der Waals surface area contributed by atoms with Crippen LogP contribution in [0.4, 0.5) is 0 Å². The van der Waals surface area contributed by atoms with Crippen LogP contribution >= 0.6 is 0 Å². The summed E-state index contributed by atoms with van der Waals surface area (Å²) in [6.45, 7) is 12.0. The van der Waals surface area contributed by atoms with Crippen LogP contribution in [0.15, 0.2) is 53.6 Å². The monoisotopic (exact) mass is 298 g/mol. The Morgan fingerprint density at radius 1 is 1.14 bits per heavy atom. The highest BCUT2D eigenvalue weighted by molar-refractivity contribution is 5.23. The molecule has 2 rings (SSSR count). The maximum atomic E-state index is 6.28. The van der Waals surface area contributed by atoms with Crippen LogP contribution in [0.5, 0.6) is 0 Å². The summed E-state index contributed by atoms with van der Waals surface area (Å²) in [6, 6.07) is 10.7. The van der Waals surface area contributed by atoms with Crippen molar-refractivity contribution in [3.8, 4) is 0 Å². The first-order valence-electron chi connectivity index (χ1n) is 8.35. The van der Waals surface area contributed by atoms with Crippen molar-refractivity contribution in [3.63, 3.8) is 0 Å². The lowest BCUT2D eigenvalue weighted by molar-refractivity contribution is -0.0782. The molecule has 0 aliphatic carbocycles. The van der Waals surface area contributed by atoms with Crippen molar-refractivity contribution in [1.82, 2.24) is 0 Å². The van der Waals surface area contributed by atoms with Gasteiger partial charge < -0.3 is 4.74 Å². The van der Waals surface area contributed by atoms with Crippen LogP contribution in [-0.2, 0) is 4.74 Å². The molecule has 1 heteroatoms. The lowest BCUT2D eigenvalue weighted by Gasteiger charge is -2.41. The van der Waals surface area contributed by atoms with Gasteiger partial charge in [-0.2, -0.15) is 0 Å². The molecule has 0 N–H and O–H groups in total. The van der Waals surface area contributed by atoms with Crippen LogP contribution in [-0.4, -0.2) is 6.61 Å². The maximum Gasteiger partial charge on any atom is 0.0890 e. The Balaban J connectivity index is 2.23. The second kappa shape index (κ2) is 7.28. The molecule has 1 aromatic carbocycles. The van der Waals surface area contributed by atoms with Gasteiger partial charge in [-0.05, 0) is 44.6 Å². The molecular weight excluding hydrogens is 268 g/mol. The first-order valence-corrected chi connectivity index (χ1v) is 8.35. The largest absolute Gasteiger partial charge is 0.372 e. The van der Waals surface area contributed by atoms with E-state index in [-0.39, 0.29) is 11.5 Å². The minimum absolute atomic E-state index is 0.192.